The Hall–Kier alpha value is -0.290. The predicted molar refractivity (Wildman–Crippen MR) is 55.6 cm³/mol. The lowest BCUT2D eigenvalue weighted by atomic mass is 10.1. The maximum absolute atomic E-state index is 12.4. The maximum Gasteiger partial charge on any atom is 0.394 e. The quantitative estimate of drug-likeness (QED) is 0.752. The number of alkyl halides is 3. The van der Waals surface area contributed by atoms with E-state index in [4.69, 9.17) is 5.73 Å². The van der Waals surface area contributed by atoms with Crippen LogP contribution in [0.1, 0.15) is 26.7 Å². The minimum Gasteiger partial charge on any atom is -0.330 e. The summed E-state index contributed by atoms with van der Waals surface area (Å²) in [6.07, 6.45) is -2.46. The van der Waals surface area contributed by atoms with Crippen LogP contribution in [0.4, 0.5) is 13.2 Å². The average molecular weight is 226 g/mol. The van der Waals surface area contributed by atoms with Gasteiger partial charge >= 0.3 is 6.18 Å². The van der Waals surface area contributed by atoms with Crippen LogP contribution in [-0.4, -0.2) is 37.3 Å². The molecule has 1 unspecified atom stereocenters. The van der Waals surface area contributed by atoms with Crippen molar-refractivity contribution in [2.45, 2.75) is 38.9 Å². The Labute approximate surface area is 89.6 Å². The second kappa shape index (κ2) is 6.33. The van der Waals surface area contributed by atoms with E-state index >= 15 is 0 Å². The van der Waals surface area contributed by atoms with Gasteiger partial charge in [-0.25, -0.2) is 0 Å². The van der Waals surface area contributed by atoms with Crippen LogP contribution in [0.3, 0.4) is 0 Å². The first-order chi connectivity index (χ1) is 6.86. The third-order valence-corrected chi connectivity index (χ3v) is 2.82. The van der Waals surface area contributed by atoms with Gasteiger partial charge in [0.05, 0.1) is 5.92 Å². The number of nitrogens with zero attached hydrogens (tertiary/aromatic N) is 1. The molecule has 0 saturated heterocycles. The predicted octanol–water partition coefficient (Wildman–Crippen LogP) is 2.24. The Bertz CT molecular complexity index is 167. The highest BCUT2D eigenvalue weighted by molar-refractivity contribution is 4.75. The van der Waals surface area contributed by atoms with Gasteiger partial charge in [0, 0.05) is 19.1 Å². The minimum atomic E-state index is -4.19. The normalized spacial score (nSPS) is 15.0. The minimum absolute atomic E-state index is 0.00759. The molecule has 0 saturated carbocycles. The van der Waals surface area contributed by atoms with E-state index in [9.17, 15) is 13.2 Å². The van der Waals surface area contributed by atoms with E-state index in [0.717, 1.165) is 12.8 Å². The maximum atomic E-state index is 12.4. The molecule has 0 amide bonds. The number of nitrogens with two attached hydrogens (primary N) is 1. The number of halogens is 3. The summed E-state index contributed by atoms with van der Waals surface area (Å²) in [5.74, 6) is -1.41. The molecule has 1 atom stereocenters. The molecule has 0 radical (unpaired) electrons. The molecule has 0 fully saturated rings. The molecule has 0 rings (SSSR count). The van der Waals surface area contributed by atoms with Crippen LogP contribution < -0.4 is 5.73 Å². The third kappa shape index (κ3) is 4.84. The van der Waals surface area contributed by atoms with E-state index in [1.54, 1.807) is 11.9 Å². The third-order valence-electron chi connectivity index (χ3n) is 2.82. The molecule has 0 aromatic carbocycles. The van der Waals surface area contributed by atoms with Crippen molar-refractivity contribution >= 4 is 0 Å². The molecule has 92 valence electrons. The van der Waals surface area contributed by atoms with Crippen LogP contribution in [0, 0.1) is 5.92 Å². The molecule has 5 heteroatoms. The van der Waals surface area contributed by atoms with Gasteiger partial charge < -0.3 is 10.6 Å². The highest BCUT2D eigenvalue weighted by Gasteiger charge is 2.39. The Balaban J connectivity index is 4.29. The van der Waals surface area contributed by atoms with Crippen LogP contribution in [0.5, 0.6) is 0 Å². The van der Waals surface area contributed by atoms with E-state index in [1.807, 2.05) is 13.8 Å². The number of hydrogen-bond acceptors (Lipinski definition) is 2. The molecule has 0 aliphatic rings. The lowest BCUT2D eigenvalue weighted by molar-refractivity contribution is -0.176. The zero-order chi connectivity index (χ0) is 12.1. The van der Waals surface area contributed by atoms with Crippen LogP contribution >= 0.6 is 0 Å². The van der Waals surface area contributed by atoms with Crippen LogP contribution in [0.15, 0.2) is 0 Å². The molecular weight excluding hydrogens is 205 g/mol. The molecular formula is C10H21F3N2. The molecule has 0 aromatic rings. The smallest absolute Gasteiger partial charge is 0.330 e. The number of rotatable bonds is 6. The SMILES string of the molecule is CCC(CC)N(C)CC(CN)C(F)(F)F. The summed E-state index contributed by atoms with van der Waals surface area (Å²) in [6, 6.07) is 0.210. The first kappa shape index (κ1) is 14.7. The van der Waals surface area contributed by atoms with E-state index in [0.29, 0.717) is 0 Å². The average Bonchev–Trinajstić information content (AvgIpc) is 2.14. The summed E-state index contributed by atoms with van der Waals surface area (Å²) >= 11 is 0. The van der Waals surface area contributed by atoms with Crippen molar-refractivity contribution in [3.63, 3.8) is 0 Å². The zero-order valence-corrected chi connectivity index (χ0v) is 9.64. The highest BCUT2D eigenvalue weighted by Crippen LogP contribution is 2.26. The van der Waals surface area contributed by atoms with Gasteiger partial charge in [-0.05, 0) is 19.9 Å². The van der Waals surface area contributed by atoms with Crippen LogP contribution in [-0.2, 0) is 0 Å². The Morgan fingerprint density at radius 2 is 1.67 bits per heavy atom. The Morgan fingerprint density at radius 3 is 1.93 bits per heavy atom. The monoisotopic (exact) mass is 226 g/mol. The molecule has 2 nitrogen and oxygen atoms in total. The van der Waals surface area contributed by atoms with Gasteiger partial charge in [-0.2, -0.15) is 13.2 Å². The second-order valence-electron chi connectivity index (χ2n) is 3.88. The fraction of sp³-hybridized carbons (Fsp3) is 1.00. The molecule has 0 aromatic heterocycles. The summed E-state index contributed by atoms with van der Waals surface area (Å²) in [5, 5.41) is 0. The number of hydrogen-bond donors (Lipinski definition) is 1. The summed E-state index contributed by atoms with van der Waals surface area (Å²) in [4.78, 5) is 1.75. The van der Waals surface area contributed by atoms with Crippen molar-refractivity contribution < 1.29 is 13.2 Å². The summed E-state index contributed by atoms with van der Waals surface area (Å²) in [5.41, 5.74) is 5.14. The first-order valence-electron chi connectivity index (χ1n) is 5.33. The van der Waals surface area contributed by atoms with Gasteiger partial charge in [-0.15, -0.1) is 0 Å². The van der Waals surface area contributed by atoms with Crippen LogP contribution in [0.2, 0.25) is 0 Å². The Morgan fingerprint density at radius 1 is 1.20 bits per heavy atom. The molecule has 0 aliphatic heterocycles. The largest absolute Gasteiger partial charge is 0.394 e. The molecule has 0 bridgehead atoms. The van der Waals surface area contributed by atoms with Crippen molar-refractivity contribution in [2.75, 3.05) is 20.1 Å². The highest BCUT2D eigenvalue weighted by atomic mass is 19.4. The van der Waals surface area contributed by atoms with Crippen LogP contribution in [0.25, 0.3) is 0 Å². The second-order valence-corrected chi connectivity index (χ2v) is 3.88. The fourth-order valence-corrected chi connectivity index (χ4v) is 1.72. The lowest BCUT2D eigenvalue weighted by Crippen LogP contribution is -2.43. The topological polar surface area (TPSA) is 29.3 Å². The molecule has 2 N–H and O–H groups in total. The fourth-order valence-electron chi connectivity index (χ4n) is 1.72. The zero-order valence-electron chi connectivity index (χ0n) is 9.64. The summed E-state index contributed by atoms with van der Waals surface area (Å²) in [6.45, 7) is 3.62. The summed E-state index contributed by atoms with van der Waals surface area (Å²) < 4.78 is 37.3. The van der Waals surface area contributed by atoms with Gasteiger partial charge in [-0.1, -0.05) is 13.8 Å². The van der Waals surface area contributed by atoms with Gasteiger partial charge in [0.2, 0.25) is 0 Å². The van der Waals surface area contributed by atoms with Gasteiger partial charge in [0.1, 0.15) is 0 Å². The first-order valence-corrected chi connectivity index (χ1v) is 5.33. The molecule has 0 heterocycles. The molecule has 0 spiro atoms. The van der Waals surface area contributed by atoms with Crippen molar-refractivity contribution in [1.82, 2.24) is 4.90 Å². The van der Waals surface area contributed by atoms with Gasteiger partial charge in [-0.3, -0.25) is 0 Å². The standard InChI is InChI=1S/C10H21F3N2/c1-4-9(5-2)15(3)7-8(6-14)10(11,12)13/h8-9H,4-7,14H2,1-3H3. The van der Waals surface area contributed by atoms with Crippen molar-refractivity contribution in [1.29, 1.82) is 0 Å². The molecule has 15 heavy (non-hydrogen) atoms. The lowest BCUT2D eigenvalue weighted by Gasteiger charge is -2.30. The van der Waals surface area contributed by atoms with Gasteiger partial charge in [0.25, 0.3) is 0 Å². The van der Waals surface area contributed by atoms with E-state index in [-0.39, 0.29) is 19.1 Å². The van der Waals surface area contributed by atoms with E-state index in [2.05, 4.69) is 0 Å². The van der Waals surface area contributed by atoms with Crippen molar-refractivity contribution in [3.05, 3.63) is 0 Å². The van der Waals surface area contributed by atoms with Crippen molar-refractivity contribution in [2.24, 2.45) is 11.7 Å². The van der Waals surface area contributed by atoms with E-state index < -0.39 is 12.1 Å². The summed E-state index contributed by atoms with van der Waals surface area (Å²) in [7, 11) is 1.73. The van der Waals surface area contributed by atoms with E-state index in [1.165, 1.54) is 0 Å². The molecule has 0 aliphatic carbocycles. The van der Waals surface area contributed by atoms with Gasteiger partial charge in [0.15, 0.2) is 0 Å². The Kier molecular flexibility index (Phi) is 6.20. The van der Waals surface area contributed by atoms with Crippen molar-refractivity contribution in [3.8, 4) is 0 Å².